The van der Waals surface area contributed by atoms with Gasteiger partial charge in [0.1, 0.15) is 0 Å². The van der Waals surface area contributed by atoms with Crippen molar-refractivity contribution in [3.05, 3.63) is 129 Å². The second kappa shape index (κ2) is 15.7. The van der Waals surface area contributed by atoms with Gasteiger partial charge in [0, 0.05) is 58.3 Å². The van der Waals surface area contributed by atoms with E-state index >= 15 is 0 Å². The van der Waals surface area contributed by atoms with Gasteiger partial charge >= 0.3 is 0 Å². The molecule has 0 spiro atoms. The van der Waals surface area contributed by atoms with E-state index in [-0.39, 0.29) is 11.7 Å². The lowest BCUT2D eigenvalue weighted by molar-refractivity contribution is -0.0756. The Bertz CT molecular complexity index is 1200. The van der Waals surface area contributed by atoms with E-state index in [9.17, 15) is 9.59 Å². The number of hydroxylamine groups is 2. The Morgan fingerprint density at radius 2 is 1.19 bits per heavy atom. The van der Waals surface area contributed by atoms with E-state index < -0.39 is 0 Å². The first kappa shape index (κ1) is 29.0. The summed E-state index contributed by atoms with van der Waals surface area (Å²) in [4.78, 5) is 35.9. The minimum absolute atomic E-state index is 0.124. The largest absolute Gasteiger partial charge is 0.294 e. The van der Waals surface area contributed by atoms with Crippen LogP contribution >= 0.6 is 31.9 Å². The molecule has 0 fully saturated rings. The van der Waals surface area contributed by atoms with E-state index in [0.717, 1.165) is 20.1 Å². The predicted molar refractivity (Wildman–Crippen MR) is 149 cm³/mol. The van der Waals surface area contributed by atoms with Crippen LogP contribution in [-0.2, 0) is 11.3 Å². The Balaban J connectivity index is 0.000000204. The molecule has 1 amide bonds. The number of benzene rings is 2. The summed E-state index contributed by atoms with van der Waals surface area (Å²) in [6.45, 7) is 2.04. The molecular formula is C28H27Br2N3O3. The van der Waals surface area contributed by atoms with E-state index in [1.54, 1.807) is 44.0 Å². The Hall–Kier alpha value is -3.20. The van der Waals surface area contributed by atoms with Crippen molar-refractivity contribution in [1.29, 1.82) is 0 Å². The van der Waals surface area contributed by atoms with Gasteiger partial charge in [-0.2, -0.15) is 0 Å². The van der Waals surface area contributed by atoms with Crippen molar-refractivity contribution in [1.82, 2.24) is 15.0 Å². The van der Waals surface area contributed by atoms with Crippen LogP contribution in [0, 0.1) is 6.92 Å². The first-order valence-corrected chi connectivity index (χ1v) is 12.5. The van der Waals surface area contributed by atoms with Gasteiger partial charge in [0.05, 0.1) is 7.11 Å². The van der Waals surface area contributed by atoms with Crippen LogP contribution in [0.4, 0.5) is 0 Å². The molecule has 0 radical (unpaired) electrons. The van der Waals surface area contributed by atoms with Crippen molar-refractivity contribution in [3.63, 3.8) is 0 Å². The van der Waals surface area contributed by atoms with Gasteiger partial charge in [-0.05, 0) is 78.7 Å². The van der Waals surface area contributed by atoms with Crippen LogP contribution in [0.3, 0.4) is 0 Å². The standard InChI is InChI=1S/C13H10BrNO.C9H10BrNO2.C6H7N/c14-12-3-1-11(2-4-12)13(16)9-10-5-7-15-8-6-10;1-11(13-2)9(12)7-3-5-8(10)6-4-7;1-6-2-4-7-5-3-6/h1-8H,9H2;3-6H,1-2H3;2-5H,1H3. The highest BCUT2D eigenvalue weighted by Crippen LogP contribution is 2.13. The summed E-state index contributed by atoms with van der Waals surface area (Å²) in [6.07, 6.45) is 7.39. The van der Waals surface area contributed by atoms with Gasteiger partial charge in [0.2, 0.25) is 0 Å². The fourth-order valence-electron chi connectivity index (χ4n) is 2.71. The number of ketones is 1. The zero-order chi connectivity index (χ0) is 26.3. The highest BCUT2D eigenvalue weighted by molar-refractivity contribution is 9.10. The molecule has 0 saturated heterocycles. The summed E-state index contributed by atoms with van der Waals surface area (Å²) < 4.78 is 1.93. The molecule has 0 aliphatic heterocycles. The third kappa shape index (κ3) is 10.6. The van der Waals surface area contributed by atoms with Gasteiger partial charge in [-0.15, -0.1) is 0 Å². The minimum Gasteiger partial charge on any atom is -0.294 e. The second-order valence-corrected chi connectivity index (χ2v) is 9.31. The SMILES string of the molecule is CON(C)C(=O)c1ccc(Br)cc1.Cc1ccncc1.O=C(Cc1ccncc1)c1ccc(Br)cc1. The third-order valence-electron chi connectivity index (χ3n) is 4.78. The van der Waals surface area contributed by atoms with E-state index in [1.807, 2.05) is 67.6 Å². The molecule has 8 heteroatoms. The summed E-state index contributed by atoms with van der Waals surface area (Å²) in [7, 11) is 3.03. The highest BCUT2D eigenvalue weighted by atomic mass is 79.9. The number of halogens is 2. The minimum atomic E-state index is -0.157. The number of Topliss-reactive ketones (excluding diaryl/α,β-unsaturated/α-hetero) is 1. The van der Waals surface area contributed by atoms with Gasteiger partial charge < -0.3 is 0 Å². The Morgan fingerprint density at radius 1 is 0.750 bits per heavy atom. The van der Waals surface area contributed by atoms with E-state index in [4.69, 9.17) is 4.84 Å². The van der Waals surface area contributed by atoms with Crippen molar-refractivity contribution >= 4 is 43.6 Å². The van der Waals surface area contributed by atoms with E-state index in [1.165, 1.54) is 17.7 Å². The average Bonchev–Trinajstić information content (AvgIpc) is 2.90. The summed E-state index contributed by atoms with van der Waals surface area (Å²) in [6, 6.07) is 22.2. The van der Waals surface area contributed by atoms with Crippen molar-refractivity contribution < 1.29 is 14.4 Å². The quantitative estimate of drug-likeness (QED) is 0.184. The maximum atomic E-state index is 11.9. The Morgan fingerprint density at radius 3 is 1.61 bits per heavy atom. The van der Waals surface area contributed by atoms with Crippen LogP contribution in [0.2, 0.25) is 0 Å². The number of aryl methyl sites for hydroxylation is 1. The number of pyridine rings is 2. The number of hydrogen-bond acceptors (Lipinski definition) is 5. The van der Waals surface area contributed by atoms with Crippen LogP contribution < -0.4 is 0 Å². The van der Waals surface area contributed by atoms with Crippen LogP contribution in [0.15, 0.2) is 107 Å². The highest BCUT2D eigenvalue weighted by Gasteiger charge is 2.10. The van der Waals surface area contributed by atoms with Gasteiger partial charge in [0.25, 0.3) is 5.91 Å². The fraction of sp³-hybridized carbons (Fsp3) is 0.143. The summed E-state index contributed by atoms with van der Waals surface area (Å²) >= 11 is 6.63. The van der Waals surface area contributed by atoms with Crippen LogP contribution in [-0.4, -0.2) is 40.9 Å². The van der Waals surface area contributed by atoms with Crippen LogP contribution in [0.25, 0.3) is 0 Å². The molecule has 2 aromatic heterocycles. The lowest BCUT2D eigenvalue weighted by Gasteiger charge is -2.13. The first-order valence-electron chi connectivity index (χ1n) is 10.9. The topological polar surface area (TPSA) is 72.4 Å². The maximum absolute atomic E-state index is 11.9. The lowest BCUT2D eigenvalue weighted by Crippen LogP contribution is -2.25. The molecule has 6 nitrogen and oxygen atoms in total. The fourth-order valence-corrected chi connectivity index (χ4v) is 3.24. The Kier molecular flexibility index (Phi) is 12.7. The van der Waals surface area contributed by atoms with Gasteiger partial charge in [0.15, 0.2) is 5.78 Å². The summed E-state index contributed by atoms with van der Waals surface area (Å²) in [5.74, 6) is -0.0336. The molecule has 0 bridgehead atoms. The normalized spacial score (nSPS) is 9.69. The monoisotopic (exact) mass is 611 g/mol. The van der Waals surface area contributed by atoms with Gasteiger partial charge in [-0.1, -0.05) is 44.0 Å². The Labute approximate surface area is 228 Å². The number of hydrogen-bond donors (Lipinski definition) is 0. The van der Waals surface area contributed by atoms with Crippen molar-refractivity contribution in [3.8, 4) is 0 Å². The number of amides is 1. The van der Waals surface area contributed by atoms with Crippen molar-refractivity contribution in [2.24, 2.45) is 0 Å². The molecule has 4 rings (SSSR count). The molecule has 36 heavy (non-hydrogen) atoms. The molecule has 0 aliphatic carbocycles. The molecule has 4 aromatic rings. The zero-order valence-electron chi connectivity index (χ0n) is 20.3. The molecule has 2 heterocycles. The van der Waals surface area contributed by atoms with E-state index in [2.05, 4.69) is 41.8 Å². The van der Waals surface area contributed by atoms with Crippen molar-refractivity contribution in [2.45, 2.75) is 13.3 Å². The number of nitrogens with zero attached hydrogens (tertiary/aromatic N) is 3. The maximum Gasteiger partial charge on any atom is 0.277 e. The smallest absolute Gasteiger partial charge is 0.277 e. The molecular weight excluding hydrogens is 586 g/mol. The molecule has 186 valence electrons. The predicted octanol–water partition coefficient (Wildman–Crippen LogP) is 6.74. The lowest BCUT2D eigenvalue weighted by atomic mass is 10.0. The summed E-state index contributed by atoms with van der Waals surface area (Å²) in [5.41, 5.74) is 3.59. The molecule has 0 saturated carbocycles. The third-order valence-corrected chi connectivity index (χ3v) is 5.84. The van der Waals surface area contributed by atoms with Crippen LogP contribution in [0.1, 0.15) is 31.8 Å². The van der Waals surface area contributed by atoms with Crippen molar-refractivity contribution in [2.75, 3.05) is 14.2 Å². The molecule has 0 atom stereocenters. The van der Waals surface area contributed by atoms with E-state index in [0.29, 0.717) is 12.0 Å². The number of carbonyl (C=O) groups is 2. The number of carbonyl (C=O) groups excluding carboxylic acids is 2. The zero-order valence-corrected chi connectivity index (χ0v) is 23.4. The molecule has 0 N–H and O–H groups in total. The molecule has 0 aliphatic rings. The number of aromatic nitrogens is 2. The van der Waals surface area contributed by atoms with Crippen LogP contribution in [0.5, 0.6) is 0 Å². The second-order valence-electron chi connectivity index (χ2n) is 7.48. The van der Waals surface area contributed by atoms with Gasteiger partial charge in [-0.25, -0.2) is 5.06 Å². The number of rotatable bonds is 5. The molecule has 0 unspecified atom stereocenters. The summed E-state index contributed by atoms with van der Waals surface area (Å²) in [5, 5.41) is 1.18. The molecule has 2 aromatic carbocycles. The van der Waals surface area contributed by atoms with Gasteiger partial charge in [-0.3, -0.25) is 24.4 Å². The first-order chi connectivity index (χ1) is 17.3. The average molecular weight is 613 g/mol.